The maximum Gasteiger partial charge on any atom is 0.326 e. The monoisotopic (exact) mass is 250 g/mol. The van der Waals surface area contributed by atoms with E-state index in [2.05, 4.69) is 11.0 Å². The number of terminal acetylenes is 1. The van der Waals surface area contributed by atoms with Gasteiger partial charge in [-0.15, -0.1) is 6.42 Å². The molecule has 1 aromatic carbocycles. The van der Waals surface area contributed by atoms with E-state index in [1.165, 1.54) is 4.68 Å². The largest absolute Gasteiger partial charge is 0.326 e. The van der Waals surface area contributed by atoms with Crippen molar-refractivity contribution in [2.75, 3.05) is 0 Å². The summed E-state index contributed by atoms with van der Waals surface area (Å²) >= 11 is 6.85. The van der Waals surface area contributed by atoms with Gasteiger partial charge in [-0.25, -0.2) is 4.68 Å². The number of halogens is 1. The fourth-order valence-corrected chi connectivity index (χ4v) is 2.10. The van der Waals surface area contributed by atoms with E-state index in [-0.39, 0.29) is 11.4 Å². The van der Waals surface area contributed by atoms with Crippen molar-refractivity contribution in [2.24, 2.45) is 0 Å². The molecule has 16 heavy (non-hydrogen) atoms. The van der Waals surface area contributed by atoms with Crippen LogP contribution in [-0.2, 0) is 6.54 Å². The SMILES string of the molecule is C#CCn1nc(-c2ccc(Cl)cc2)sc1=O. The summed E-state index contributed by atoms with van der Waals surface area (Å²) in [5.74, 6) is 2.38. The molecule has 1 heterocycles. The lowest BCUT2D eigenvalue weighted by Gasteiger charge is -1.95. The Balaban J connectivity index is 2.42. The summed E-state index contributed by atoms with van der Waals surface area (Å²) in [7, 11) is 0. The number of hydrogen-bond donors (Lipinski definition) is 0. The number of benzene rings is 1. The normalized spacial score (nSPS) is 10.0. The third kappa shape index (κ3) is 2.16. The van der Waals surface area contributed by atoms with E-state index in [4.69, 9.17) is 18.0 Å². The quantitative estimate of drug-likeness (QED) is 0.767. The van der Waals surface area contributed by atoms with E-state index in [9.17, 15) is 4.79 Å². The van der Waals surface area contributed by atoms with Crippen molar-refractivity contribution in [2.45, 2.75) is 6.54 Å². The van der Waals surface area contributed by atoms with Crippen LogP contribution >= 0.6 is 22.9 Å². The molecular weight excluding hydrogens is 244 g/mol. The molecule has 0 unspecified atom stereocenters. The van der Waals surface area contributed by atoms with Crippen LogP contribution in [0.25, 0.3) is 10.6 Å². The molecule has 0 bridgehead atoms. The number of rotatable bonds is 2. The van der Waals surface area contributed by atoms with Gasteiger partial charge in [0.05, 0.1) is 0 Å². The molecule has 0 aliphatic heterocycles. The Morgan fingerprint density at radius 3 is 2.75 bits per heavy atom. The summed E-state index contributed by atoms with van der Waals surface area (Å²) in [4.78, 5) is 11.3. The maximum absolute atomic E-state index is 11.5. The van der Waals surface area contributed by atoms with Gasteiger partial charge in [0.1, 0.15) is 11.6 Å². The van der Waals surface area contributed by atoms with Gasteiger partial charge in [0.15, 0.2) is 0 Å². The molecule has 5 heteroatoms. The Hall–Kier alpha value is -1.57. The van der Waals surface area contributed by atoms with Crippen LogP contribution in [0.3, 0.4) is 0 Å². The molecule has 0 saturated heterocycles. The van der Waals surface area contributed by atoms with Crippen LogP contribution in [-0.4, -0.2) is 9.78 Å². The van der Waals surface area contributed by atoms with Crippen molar-refractivity contribution in [3.8, 4) is 22.9 Å². The van der Waals surface area contributed by atoms with E-state index in [0.717, 1.165) is 16.9 Å². The minimum atomic E-state index is -0.150. The number of aromatic nitrogens is 2. The van der Waals surface area contributed by atoms with Gasteiger partial charge < -0.3 is 0 Å². The predicted octanol–water partition coefficient (Wildman–Crippen LogP) is 2.26. The van der Waals surface area contributed by atoms with Crippen molar-refractivity contribution >= 4 is 22.9 Å². The summed E-state index contributed by atoms with van der Waals surface area (Å²) in [5.41, 5.74) is 0.863. The summed E-state index contributed by atoms with van der Waals surface area (Å²) in [6.45, 7) is 0.197. The van der Waals surface area contributed by atoms with Crippen molar-refractivity contribution in [3.05, 3.63) is 39.0 Å². The zero-order valence-electron chi connectivity index (χ0n) is 8.18. The zero-order chi connectivity index (χ0) is 11.5. The Kier molecular flexibility index (Phi) is 3.09. The first-order valence-electron chi connectivity index (χ1n) is 4.48. The highest BCUT2D eigenvalue weighted by Gasteiger charge is 2.07. The average Bonchev–Trinajstić information content (AvgIpc) is 2.62. The van der Waals surface area contributed by atoms with E-state index in [0.29, 0.717) is 10.0 Å². The summed E-state index contributed by atoms with van der Waals surface area (Å²) in [5, 5.41) is 5.44. The fraction of sp³-hybridized carbons (Fsp3) is 0.0909. The van der Waals surface area contributed by atoms with Crippen molar-refractivity contribution in [1.82, 2.24) is 9.78 Å². The molecule has 2 aromatic rings. The molecule has 0 atom stereocenters. The summed E-state index contributed by atoms with van der Waals surface area (Å²) in [6, 6.07) is 7.16. The van der Waals surface area contributed by atoms with Gasteiger partial charge in [0, 0.05) is 10.6 Å². The van der Waals surface area contributed by atoms with Crippen molar-refractivity contribution in [1.29, 1.82) is 0 Å². The summed E-state index contributed by atoms with van der Waals surface area (Å²) < 4.78 is 1.27. The average molecular weight is 251 g/mol. The Labute approximate surface area is 101 Å². The minimum absolute atomic E-state index is 0.150. The van der Waals surface area contributed by atoms with Crippen LogP contribution < -0.4 is 4.87 Å². The van der Waals surface area contributed by atoms with E-state index >= 15 is 0 Å². The third-order valence-corrected chi connectivity index (χ3v) is 3.09. The molecule has 2 rings (SSSR count). The van der Waals surface area contributed by atoms with Crippen LogP contribution in [0.1, 0.15) is 0 Å². The molecule has 0 spiro atoms. The fourth-order valence-electron chi connectivity index (χ4n) is 1.20. The van der Waals surface area contributed by atoms with Crippen LogP contribution in [0.15, 0.2) is 29.1 Å². The van der Waals surface area contributed by atoms with E-state index < -0.39 is 0 Å². The maximum atomic E-state index is 11.5. The zero-order valence-corrected chi connectivity index (χ0v) is 9.76. The first-order valence-corrected chi connectivity index (χ1v) is 5.67. The molecule has 1 aromatic heterocycles. The molecule has 0 saturated carbocycles. The molecule has 0 fully saturated rings. The van der Waals surface area contributed by atoms with Crippen LogP contribution in [0.4, 0.5) is 0 Å². The Morgan fingerprint density at radius 2 is 2.12 bits per heavy atom. The van der Waals surface area contributed by atoms with Crippen LogP contribution in [0.2, 0.25) is 5.02 Å². The first-order chi connectivity index (χ1) is 7.70. The second-order valence-electron chi connectivity index (χ2n) is 3.04. The third-order valence-electron chi connectivity index (χ3n) is 1.94. The number of nitrogens with zero attached hydrogens (tertiary/aromatic N) is 2. The molecule has 0 radical (unpaired) electrons. The van der Waals surface area contributed by atoms with Gasteiger partial charge in [0.2, 0.25) is 0 Å². The second kappa shape index (κ2) is 4.52. The smallest absolute Gasteiger partial charge is 0.255 e. The molecule has 80 valence electrons. The van der Waals surface area contributed by atoms with Crippen LogP contribution in [0, 0.1) is 12.3 Å². The first kappa shape index (κ1) is 10.9. The lowest BCUT2D eigenvalue weighted by atomic mass is 10.2. The highest BCUT2D eigenvalue weighted by Crippen LogP contribution is 2.21. The minimum Gasteiger partial charge on any atom is -0.255 e. The second-order valence-corrected chi connectivity index (χ2v) is 4.42. The standard InChI is InChI=1S/C11H7ClN2OS/c1-2-7-14-11(15)16-10(13-14)8-3-5-9(12)6-4-8/h1,3-6H,7H2. The van der Waals surface area contributed by atoms with Gasteiger partial charge in [-0.3, -0.25) is 4.79 Å². The van der Waals surface area contributed by atoms with Gasteiger partial charge in [-0.1, -0.05) is 41.0 Å². The highest BCUT2D eigenvalue weighted by atomic mass is 35.5. The topological polar surface area (TPSA) is 34.9 Å². The molecule has 0 aliphatic carbocycles. The number of hydrogen-bond acceptors (Lipinski definition) is 3. The Morgan fingerprint density at radius 1 is 1.44 bits per heavy atom. The lowest BCUT2D eigenvalue weighted by molar-refractivity contribution is 0.696. The van der Waals surface area contributed by atoms with Gasteiger partial charge in [-0.2, -0.15) is 5.10 Å². The lowest BCUT2D eigenvalue weighted by Crippen LogP contribution is -2.13. The summed E-state index contributed by atoms with van der Waals surface area (Å²) in [6.07, 6.45) is 5.13. The van der Waals surface area contributed by atoms with Crippen molar-refractivity contribution < 1.29 is 0 Å². The molecule has 0 aliphatic rings. The van der Waals surface area contributed by atoms with Gasteiger partial charge >= 0.3 is 4.87 Å². The molecule has 3 nitrogen and oxygen atoms in total. The predicted molar refractivity (Wildman–Crippen MR) is 65.7 cm³/mol. The highest BCUT2D eigenvalue weighted by molar-refractivity contribution is 7.12. The molecule has 0 N–H and O–H groups in total. The van der Waals surface area contributed by atoms with Crippen LogP contribution in [0.5, 0.6) is 0 Å². The molecule has 0 amide bonds. The van der Waals surface area contributed by atoms with Gasteiger partial charge in [-0.05, 0) is 12.1 Å². The Bertz CT molecular complexity index is 592. The van der Waals surface area contributed by atoms with E-state index in [1.54, 1.807) is 12.1 Å². The van der Waals surface area contributed by atoms with Gasteiger partial charge in [0.25, 0.3) is 0 Å². The van der Waals surface area contributed by atoms with E-state index in [1.807, 2.05) is 12.1 Å². The van der Waals surface area contributed by atoms with Crippen molar-refractivity contribution in [3.63, 3.8) is 0 Å². The molecular formula is C11H7ClN2OS.